The Balaban J connectivity index is 1.74. The monoisotopic (exact) mass is 445 g/mol. The highest BCUT2D eigenvalue weighted by Crippen LogP contribution is 2.31. The van der Waals surface area contributed by atoms with Crippen molar-refractivity contribution in [3.05, 3.63) is 71.0 Å². The number of benzene rings is 1. The maximum Gasteiger partial charge on any atom is 0.319 e. The van der Waals surface area contributed by atoms with Gasteiger partial charge in [-0.1, -0.05) is 6.07 Å². The zero-order valence-corrected chi connectivity index (χ0v) is 18.2. The van der Waals surface area contributed by atoms with Gasteiger partial charge in [0.15, 0.2) is 0 Å². The van der Waals surface area contributed by atoms with Crippen molar-refractivity contribution in [2.45, 2.75) is 13.5 Å². The molecule has 0 saturated carbocycles. The summed E-state index contributed by atoms with van der Waals surface area (Å²) in [5.74, 6) is 0.279. The number of nitrogens with zero attached hydrogens (tertiary/aromatic N) is 4. The van der Waals surface area contributed by atoms with E-state index in [0.29, 0.717) is 41.1 Å². The molecule has 0 fully saturated rings. The van der Waals surface area contributed by atoms with Crippen LogP contribution in [0.2, 0.25) is 0 Å². The van der Waals surface area contributed by atoms with Crippen LogP contribution in [-0.4, -0.2) is 37.2 Å². The molecule has 0 aliphatic carbocycles. The smallest absolute Gasteiger partial charge is 0.319 e. The molecule has 168 valence electrons. The van der Waals surface area contributed by atoms with Gasteiger partial charge < -0.3 is 25.6 Å². The number of fused-ring (bicyclic) bond motifs is 1. The quantitative estimate of drug-likeness (QED) is 0.335. The summed E-state index contributed by atoms with van der Waals surface area (Å²) in [6.45, 7) is 2.70. The van der Waals surface area contributed by atoms with Crippen LogP contribution in [0.1, 0.15) is 12.5 Å². The number of urea groups is 1. The second-order valence-electron chi connectivity index (χ2n) is 7.34. The van der Waals surface area contributed by atoms with Gasteiger partial charge in [0.25, 0.3) is 5.56 Å². The van der Waals surface area contributed by atoms with Crippen LogP contribution in [0.15, 0.2) is 59.9 Å². The highest BCUT2D eigenvalue weighted by atomic mass is 16.3. The molecule has 3 aromatic heterocycles. The first-order valence-electron chi connectivity index (χ1n) is 10.3. The number of carbonyl (C=O) groups is 1. The van der Waals surface area contributed by atoms with Gasteiger partial charge >= 0.3 is 6.03 Å². The van der Waals surface area contributed by atoms with Gasteiger partial charge in [-0.25, -0.2) is 14.8 Å². The summed E-state index contributed by atoms with van der Waals surface area (Å²) in [5.41, 5.74) is 2.62. The van der Waals surface area contributed by atoms with Crippen LogP contribution < -0.4 is 21.5 Å². The number of phenols is 1. The molecule has 4 rings (SSSR count). The Morgan fingerprint density at radius 1 is 1.15 bits per heavy atom. The number of aryl methyl sites for hydroxylation is 1. The van der Waals surface area contributed by atoms with E-state index in [1.165, 1.54) is 17.0 Å². The summed E-state index contributed by atoms with van der Waals surface area (Å²) in [4.78, 5) is 37.6. The molecule has 33 heavy (non-hydrogen) atoms. The zero-order valence-electron chi connectivity index (χ0n) is 18.2. The molecule has 0 spiro atoms. The normalized spacial score (nSPS) is 10.7. The number of pyridine rings is 2. The molecule has 0 aliphatic rings. The van der Waals surface area contributed by atoms with Crippen molar-refractivity contribution < 1.29 is 9.90 Å². The number of hydrogen-bond donors (Lipinski definition) is 4. The van der Waals surface area contributed by atoms with Crippen molar-refractivity contribution in [1.29, 1.82) is 0 Å². The number of rotatable bonds is 6. The average molecular weight is 445 g/mol. The van der Waals surface area contributed by atoms with Crippen molar-refractivity contribution in [3.63, 3.8) is 0 Å². The third-order valence-electron chi connectivity index (χ3n) is 4.99. The molecule has 4 N–H and O–H groups in total. The Hall–Kier alpha value is -4.47. The lowest BCUT2D eigenvalue weighted by Crippen LogP contribution is -2.28. The van der Waals surface area contributed by atoms with Crippen LogP contribution in [0.3, 0.4) is 0 Å². The lowest BCUT2D eigenvalue weighted by Gasteiger charge is -2.13. The standard InChI is InChI=1S/C23H23N7O3/c1-3-25-23(33)29-16-5-4-15(10-19(16)31)17-11-18-20(22(32)30(2)13-27-18)21(28-17)26-12-14-6-8-24-9-7-14/h4-11,13,31H,3,12H2,1-2H3,(H,26,28)(H2,25,29,33). The highest BCUT2D eigenvalue weighted by molar-refractivity contribution is 5.93. The molecule has 10 heteroatoms. The first-order chi connectivity index (χ1) is 16.0. The van der Waals surface area contributed by atoms with Crippen molar-refractivity contribution >= 4 is 28.4 Å². The molecule has 0 bridgehead atoms. The predicted molar refractivity (Wildman–Crippen MR) is 126 cm³/mol. The van der Waals surface area contributed by atoms with Crippen LogP contribution in [0, 0.1) is 0 Å². The van der Waals surface area contributed by atoms with Crippen LogP contribution in [-0.2, 0) is 13.6 Å². The van der Waals surface area contributed by atoms with Crippen molar-refractivity contribution in [2.75, 3.05) is 17.2 Å². The van der Waals surface area contributed by atoms with Gasteiger partial charge in [0.05, 0.1) is 23.2 Å². The van der Waals surface area contributed by atoms with E-state index in [2.05, 4.69) is 30.9 Å². The van der Waals surface area contributed by atoms with Crippen molar-refractivity contribution in [1.82, 2.24) is 24.8 Å². The minimum absolute atomic E-state index is 0.108. The second kappa shape index (κ2) is 9.35. The Labute approximate surface area is 189 Å². The van der Waals surface area contributed by atoms with E-state index in [1.807, 2.05) is 12.1 Å². The molecular formula is C23H23N7O3. The van der Waals surface area contributed by atoms with Gasteiger partial charge in [0.2, 0.25) is 0 Å². The number of nitrogens with one attached hydrogen (secondary N) is 3. The molecule has 0 radical (unpaired) electrons. The van der Waals surface area contributed by atoms with Crippen molar-refractivity contribution in [2.24, 2.45) is 7.05 Å². The van der Waals surface area contributed by atoms with Crippen LogP contribution in [0.5, 0.6) is 5.75 Å². The lowest BCUT2D eigenvalue weighted by molar-refractivity contribution is 0.252. The fourth-order valence-corrected chi connectivity index (χ4v) is 3.31. The van der Waals surface area contributed by atoms with Crippen LogP contribution in [0.25, 0.3) is 22.2 Å². The molecule has 3 heterocycles. The molecule has 4 aromatic rings. The number of aromatic nitrogens is 4. The summed E-state index contributed by atoms with van der Waals surface area (Å²) in [5, 5.41) is 19.2. The highest BCUT2D eigenvalue weighted by Gasteiger charge is 2.15. The van der Waals surface area contributed by atoms with E-state index in [1.54, 1.807) is 44.6 Å². The molecule has 0 unspecified atom stereocenters. The van der Waals surface area contributed by atoms with Gasteiger partial charge in [-0.15, -0.1) is 0 Å². The minimum atomic E-state index is -0.410. The average Bonchev–Trinajstić information content (AvgIpc) is 2.82. The summed E-state index contributed by atoms with van der Waals surface area (Å²) >= 11 is 0. The number of anilines is 2. The predicted octanol–water partition coefficient (Wildman–Crippen LogP) is 2.85. The number of hydrogen-bond acceptors (Lipinski definition) is 7. The number of aromatic hydroxyl groups is 1. The molecule has 1 aromatic carbocycles. The molecule has 2 amide bonds. The van der Waals surface area contributed by atoms with Gasteiger partial charge in [-0.05, 0) is 42.8 Å². The SMILES string of the molecule is CCNC(=O)Nc1ccc(-c2cc3ncn(C)c(=O)c3c(NCc3ccncc3)n2)cc1O. The summed E-state index contributed by atoms with van der Waals surface area (Å²) in [7, 11) is 1.63. The van der Waals surface area contributed by atoms with Gasteiger partial charge in [-0.3, -0.25) is 9.78 Å². The van der Waals surface area contributed by atoms with E-state index in [-0.39, 0.29) is 17.0 Å². The molecule has 10 nitrogen and oxygen atoms in total. The van der Waals surface area contributed by atoms with E-state index >= 15 is 0 Å². The fourth-order valence-electron chi connectivity index (χ4n) is 3.31. The van der Waals surface area contributed by atoms with Crippen molar-refractivity contribution in [3.8, 4) is 17.0 Å². The van der Waals surface area contributed by atoms with Crippen LogP contribution in [0.4, 0.5) is 16.3 Å². The third kappa shape index (κ3) is 4.74. The maximum absolute atomic E-state index is 12.8. The summed E-state index contributed by atoms with van der Waals surface area (Å²) < 4.78 is 1.40. The van der Waals surface area contributed by atoms with Gasteiger partial charge in [-0.2, -0.15) is 0 Å². The molecule has 0 aliphatic heterocycles. The zero-order chi connectivity index (χ0) is 23.4. The largest absolute Gasteiger partial charge is 0.506 e. The first-order valence-corrected chi connectivity index (χ1v) is 10.3. The number of phenolic OH excluding ortho intramolecular Hbond substituents is 1. The fraction of sp³-hybridized carbons (Fsp3) is 0.174. The first kappa shape index (κ1) is 21.8. The topological polar surface area (TPSA) is 134 Å². The molecule has 0 atom stereocenters. The second-order valence-corrected chi connectivity index (χ2v) is 7.34. The number of amides is 2. The summed E-state index contributed by atoms with van der Waals surface area (Å²) in [6, 6.07) is 9.84. The van der Waals surface area contributed by atoms with E-state index < -0.39 is 6.03 Å². The lowest BCUT2D eigenvalue weighted by atomic mass is 10.1. The van der Waals surface area contributed by atoms with Crippen LogP contribution >= 0.6 is 0 Å². The number of carbonyl (C=O) groups excluding carboxylic acids is 1. The Kier molecular flexibility index (Phi) is 6.16. The van der Waals surface area contributed by atoms with Gasteiger partial charge in [0.1, 0.15) is 17.0 Å². The van der Waals surface area contributed by atoms with E-state index in [0.717, 1.165) is 5.56 Å². The van der Waals surface area contributed by atoms with E-state index in [4.69, 9.17) is 0 Å². The Bertz CT molecular complexity index is 1370. The third-order valence-corrected chi connectivity index (χ3v) is 4.99. The maximum atomic E-state index is 12.8. The van der Waals surface area contributed by atoms with Gasteiger partial charge in [0, 0.05) is 38.1 Å². The Morgan fingerprint density at radius 2 is 1.94 bits per heavy atom. The van der Waals surface area contributed by atoms with E-state index in [9.17, 15) is 14.7 Å². The summed E-state index contributed by atoms with van der Waals surface area (Å²) in [6.07, 6.45) is 4.84. The molecular weight excluding hydrogens is 422 g/mol. The Morgan fingerprint density at radius 3 is 2.67 bits per heavy atom. The molecule has 0 saturated heterocycles. The minimum Gasteiger partial charge on any atom is -0.506 e.